The van der Waals surface area contributed by atoms with E-state index in [2.05, 4.69) is 24.0 Å². The molecule has 0 unspecified atom stereocenters. The Kier molecular flexibility index (Phi) is 4.55. The van der Waals surface area contributed by atoms with E-state index in [1.165, 1.54) is 5.56 Å². The Balaban J connectivity index is 1.58. The van der Waals surface area contributed by atoms with Gasteiger partial charge in [-0.2, -0.15) is 0 Å². The first-order chi connectivity index (χ1) is 10.5. The first-order valence-electron chi connectivity index (χ1n) is 8.31. The summed E-state index contributed by atoms with van der Waals surface area (Å²) in [5.41, 5.74) is 0.897. The van der Waals surface area contributed by atoms with Crippen molar-refractivity contribution in [1.82, 2.24) is 4.90 Å². The summed E-state index contributed by atoms with van der Waals surface area (Å²) in [4.78, 5) is 2.29. The molecule has 0 radical (unpaired) electrons. The second-order valence-electron chi connectivity index (χ2n) is 7.01. The van der Waals surface area contributed by atoms with Gasteiger partial charge in [0.05, 0.1) is 11.2 Å². The Bertz CT molecular complexity index is 486. The van der Waals surface area contributed by atoms with Crippen LogP contribution >= 0.6 is 0 Å². The third-order valence-corrected chi connectivity index (χ3v) is 5.21. The Hall–Kier alpha value is -0.940. The van der Waals surface area contributed by atoms with Gasteiger partial charge in [0.2, 0.25) is 0 Å². The van der Waals surface area contributed by atoms with Crippen LogP contribution in [-0.4, -0.2) is 53.6 Å². The van der Waals surface area contributed by atoms with Gasteiger partial charge in [-0.05, 0) is 25.3 Å². The molecule has 1 aromatic rings. The van der Waals surface area contributed by atoms with Crippen LogP contribution in [0.3, 0.4) is 0 Å². The SMILES string of the molecule is Cc1ccc(C2(O)CCN(CC3(O)CCOCC3)CC2)cc1. The Morgan fingerprint density at radius 3 is 2.18 bits per heavy atom. The van der Waals surface area contributed by atoms with Gasteiger partial charge in [0, 0.05) is 45.7 Å². The van der Waals surface area contributed by atoms with E-state index in [0.717, 1.165) is 31.5 Å². The number of rotatable bonds is 3. The summed E-state index contributed by atoms with van der Waals surface area (Å²) in [6, 6.07) is 8.20. The van der Waals surface area contributed by atoms with E-state index in [1.54, 1.807) is 0 Å². The molecule has 2 heterocycles. The normalized spacial score (nSPS) is 25.0. The largest absolute Gasteiger partial charge is 0.388 e. The lowest BCUT2D eigenvalue weighted by molar-refractivity contribution is -0.0954. The maximum atomic E-state index is 10.9. The minimum absolute atomic E-state index is 0.614. The summed E-state index contributed by atoms with van der Waals surface area (Å²) < 4.78 is 5.34. The molecule has 0 aliphatic carbocycles. The summed E-state index contributed by atoms with van der Waals surface area (Å²) in [6.07, 6.45) is 2.88. The molecule has 122 valence electrons. The van der Waals surface area contributed by atoms with Crippen molar-refractivity contribution < 1.29 is 14.9 Å². The number of hydrogen-bond acceptors (Lipinski definition) is 4. The summed E-state index contributed by atoms with van der Waals surface area (Å²) in [5, 5.41) is 21.5. The fourth-order valence-electron chi connectivity index (χ4n) is 3.56. The van der Waals surface area contributed by atoms with Gasteiger partial charge in [-0.15, -0.1) is 0 Å². The standard InChI is InChI=1S/C18H27NO3/c1-15-2-4-16(5-3-15)18(21)6-10-19(11-7-18)14-17(20)8-12-22-13-9-17/h2-5,20-21H,6-14H2,1H3. The van der Waals surface area contributed by atoms with E-state index >= 15 is 0 Å². The van der Waals surface area contributed by atoms with Crippen LogP contribution in [-0.2, 0) is 10.3 Å². The maximum Gasteiger partial charge on any atom is 0.0920 e. The summed E-state index contributed by atoms with van der Waals surface area (Å²) >= 11 is 0. The van der Waals surface area contributed by atoms with Gasteiger partial charge in [0.1, 0.15) is 0 Å². The van der Waals surface area contributed by atoms with Crippen LogP contribution in [0, 0.1) is 6.92 Å². The summed E-state index contributed by atoms with van der Waals surface area (Å²) in [6.45, 7) is 5.71. The second kappa shape index (κ2) is 6.28. The number of piperidine rings is 1. The zero-order valence-corrected chi connectivity index (χ0v) is 13.4. The number of likely N-dealkylation sites (tertiary alicyclic amines) is 1. The summed E-state index contributed by atoms with van der Waals surface area (Å²) in [7, 11) is 0. The highest BCUT2D eigenvalue weighted by Gasteiger charge is 2.37. The molecule has 3 rings (SSSR count). The molecular formula is C18H27NO3. The molecule has 0 spiro atoms. The number of nitrogens with zero attached hydrogens (tertiary/aromatic N) is 1. The molecule has 0 bridgehead atoms. The van der Waals surface area contributed by atoms with E-state index in [1.807, 2.05) is 12.1 Å². The third-order valence-electron chi connectivity index (χ3n) is 5.21. The molecular weight excluding hydrogens is 278 g/mol. The van der Waals surface area contributed by atoms with Gasteiger partial charge >= 0.3 is 0 Å². The fraction of sp³-hybridized carbons (Fsp3) is 0.667. The average molecular weight is 305 g/mol. The molecule has 0 amide bonds. The van der Waals surface area contributed by atoms with Crippen molar-refractivity contribution >= 4 is 0 Å². The van der Waals surface area contributed by atoms with E-state index in [4.69, 9.17) is 4.74 Å². The van der Waals surface area contributed by atoms with Gasteiger partial charge in [-0.25, -0.2) is 0 Å². The van der Waals surface area contributed by atoms with Crippen molar-refractivity contribution in [2.24, 2.45) is 0 Å². The highest BCUT2D eigenvalue weighted by molar-refractivity contribution is 5.27. The van der Waals surface area contributed by atoms with Crippen molar-refractivity contribution in [2.75, 3.05) is 32.8 Å². The topological polar surface area (TPSA) is 52.9 Å². The molecule has 2 aliphatic rings. The van der Waals surface area contributed by atoms with Crippen molar-refractivity contribution in [1.29, 1.82) is 0 Å². The van der Waals surface area contributed by atoms with Gasteiger partial charge in [-0.1, -0.05) is 29.8 Å². The van der Waals surface area contributed by atoms with E-state index in [-0.39, 0.29) is 0 Å². The lowest BCUT2D eigenvalue weighted by atomic mass is 9.83. The molecule has 4 nitrogen and oxygen atoms in total. The number of β-amino-alcohol motifs (C(OH)–C–C–N with tert-alkyl or cyclic N) is 1. The first-order valence-corrected chi connectivity index (χ1v) is 8.31. The van der Waals surface area contributed by atoms with Crippen LogP contribution in [0.1, 0.15) is 36.8 Å². The molecule has 2 aliphatic heterocycles. The highest BCUT2D eigenvalue weighted by atomic mass is 16.5. The Labute approximate surface area is 132 Å². The van der Waals surface area contributed by atoms with Gasteiger partial charge in [0.25, 0.3) is 0 Å². The zero-order valence-electron chi connectivity index (χ0n) is 13.4. The number of ether oxygens (including phenoxy) is 1. The second-order valence-corrected chi connectivity index (χ2v) is 7.01. The number of aliphatic hydroxyl groups is 2. The predicted molar refractivity (Wildman–Crippen MR) is 85.8 cm³/mol. The number of aryl methyl sites for hydroxylation is 1. The number of benzene rings is 1. The van der Waals surface area contributed by atoms with Gasteiger partial charge in [0.15, 0.2) is 0 Å². The number of hydrogen-bond donors (Lipinski definition) is 2. The Morgan fingerprint density at radius 1 is 1.00 bits per heavy atom. The monoisotopic (exact) mass is 305 g/mol. The van der Waals surface area contributed by atoms with Crippen molar-refractivity contribution in [3.63, 3.8) is 0 Å². The van der Waals surface area contributed by atoms with Crippen molar-refractivity contribution in [3.8, 4) is 0 Å². The van der Waals surface area contributed by atoms with Crippen LogP contribution in [0.5, 0.6) is 0 Å². The molecule has 0 saturated carbocycles. The third kappa shape index (κ3) is 3.51. The fourth-order valence-corrected chi connectivity index (χ4v) is 3.56. The van der Waals surface area contributed by atoms with Gasteiger partial charge < -0.3 is 19.8 Å². The molecule has 0 aromatic heterocycles. The smallest absolute Gasteiger partial charge is 0.0920 e. The lowest BCUT2D eigenvalue weighted by Crippen LogP contribution is -2.51. The zero-order chi connectivity index (χ0) is 15.6. The lowest BCUT2D eigenvalue weighted by Gasteiger charge is -2.42. The summed E-state index contributed by atoms with van der Waals surface area (Å²) in [5.74, 6) is 0. The molecule has 2 fully saturated rings. The Morgan fingerprint density at radius 2 is 1.59 bits per heavy atom. The van der Waals surface area contributed by atoms with Crippen LogP contribution in [0.4, 0.5) is 0 Å². The minimum atomic E-state index is -0.720. The van der Waals surface area contributed by atoms with Crippen molar-refractivity contribution in [3.05, 3.63) is 35.4 Å². The van der Waals surface area contributed by atoms with Crippen LogP contribution in [0.25, 0.3) is 0 Å². The molecule has 22 heavy (non-hydrogen) atoms. The van der Waals surface area contributed by atoms with E-state index in [9.17, 15) is 10.2 Å². The molecule has 0 atom stereocenters. The average Bonchev–Trinajstić information content (AvgIpc) is 2.51. The van der Waals surface area contributed by atoms with Gasteiger partial charge in [-0.3, -0.25) is 0 Å². The van der Waals surface area contributed by atoms with E-state index in [0.29, 0.717) is 32.6 Å². The quantitative estimate of drug-likeness (QED) is 0.894. The van der Waals surface area contributed by atoms with Crippen LogP contribution < -0.4 is 0 Å². The predicted octanol–water partition coefficient (Wildman–Crippen LogP) is 1.82. The van der Waals surface area contributed by atoms with Crippen LogP contribution in [0.15, 0.2) is 24.3 Å². The van der Waals surface area contributed by atoms with Crippen LogP contribution in [0.2, 0.25) is 0 Å². The molecule has 2 saturated heterocycles. The highest BCUT2D eigenvalue weighted by Crippen LogP contribution is 2.34. The maximum absolute atomic E-state index is 10.9. The molecule has 2 N–H and O–H groups in total. The molecule has 4 heteroatoms. The van der Waals surface area contributed by atoms with E-state index < -0.39 is 11.2 Å². The van der Waals surface area contributed by atoms with Crippen molar-refractivity contribution in [2.45, 2.75) is 43.8 Å². The minimum Gasteiger partial charge on any atom is -0.388 e. The first kappa shape index (κ1) is 15.9. The molecule has 1 aromatic carbocycles.